The summed E-state index contributed by atoms with van der Waals surface area (Å²) in [5.74, 6) is 0.639. The Labute approximate surface area is 75.0 Å². The van der Waals surface area contributed by atoms with Gasteiger partial charge in [0.25, 0.3) is 0 Å². The minimum Gasteiger partial charge on any atom is -0.333 e. The van der Waals surface area contributed by atoms with Crippen LogP contribution in [0.25, 0.3) is 0 Å². The summed E-state index contributed by atoms with van der Waals surface area (Å²) in [6.07, 6.45) is 3.46. The molecule has 0 spiro atoms. The first kappa shape index (κ1) is 11.2. The van der Waals surface area contributed by atoms with Crippen LogP contribution in [0, 0.1) is 11.8 Å². The van der Waals surface area contributed by atoms with Crippen molar-refractivity contribution in [3.8, 4) is 0 Å². The minimum absolute atomic E-state index is 0.0989. The zero-order valence-electron chi connectivity index (χ0n) is 8.26. The average Bonchev–Trinajstić information content (AvgIpc) is 1.99. The highest BCUT2D eigenvalue weighted by Crippen LogP contribution is 2.16. The van der Waals surface area contributed by atoms with Crippen LogP contribution in [0.1, 0.15) is 33.6 Å². The van der Waals surface area contributed by atoms with Crippen molar-refractivity contribution in [3.63, 3.8) is 0 Å². The van der Waals surface area contributed by atoms with E-state index in [1.54, 1.807) is 0 Å². The Bertz CT molecular complexity index is 152. The molecule has 0 aromatic heterocycles. The summed E-state index contributed by atoms with van der Waals surface area (Å²) in [4.78, 5) is 11.4. The third-order valence-corrected chi connectivity index (χ3v) is 1.99. The van der Waals surface area contributed by atoms with Gasteiger partial charge in [-0.05, 0) is 18.5 Å². The molecule has 0 rings (SSSR count). The molecule has 1 N–H and O–H groups in total. The predicted molar refractivity (Wildman–Crippen MR) is 51.6 cm³/mol. The van der Waals surface area contributed by atoms with Crippen LogP contribution in [-0.4, -0.2) is 5.91 Å². The first-order valence-electron chi connectivity index (χ1n) is 4.54. The summed E-state index contributed by atoms with van der Waals surface area (Å²) in [5.41, 5.74) is 0. The second kappa shape index (κ2) is 5.81. The van der Waals surface area contributed by atoms with Crippen LogP contribution < -0.4 is 5.32 Å². The Balaban J connectivity index is 4.08. The van der Waals surface area contributed by atoms with Crippen molar-refractivity contribution in [3.05, 3.63) is 12.8 Å². The van der Waals surface area contributed by atoms with Crippen LogP contribution in [0.2, 0.25) is 0 Å². The molecule has 0 fully saturated rings. The third kappa shape index (κ3) is 3.56. The second-order valence-electron chi connectivity index (χ2n) is 3.35. The largest absolute Gasteiger partial charge is 0.333 e. The van der Waals surface area contributed by atoms with Crippen molar-refractivity contribution in [2.75, 3.05) is 0 Å². The van der Waals surface area contributed by atoms with Gasteiger partial charge in [-0.25, -0.2) is 0 Å². The highest BCUT2D eigenvalue weighted by molar-refractivity contribution is 5.79. The summed E-state index contributed by atoms with van der Waals surface area (Å²) in [5, 5.41) is 2.64. The lowest BCUT2D eigenvalue weighted by Crippen LogP contribution is -2.29. The molecule has 2 heteroatoms. The van der Waals surface area contributed by atoms with Gasteiger partial charge < -0.3 is 5.32 Å². The van der Waals surface area contributed by atoms with Gasteiger partial charge in [0.2, 0.25) is 5.91 Å². The van der Waals surface area contributed by atoms with Crippen LogP contribution in [0.5, 0.6) is 0 Å². The van der Waals surface area contributed by atoms with Gasteiger partial charge >= 0.3 is 0 Å². The van der Waals surface area contributed by atoms with E-state index in [-0.39, 0.29) is 11.8 Å². The Morgan fingerprint density at radius 3 is 2.50 bits per heavy atom. The molecule has 12 heavy (non-hydrogen) atoms. The Morgan fingerprint density at radius 2 is 2.17 bits per heavy atom. The topological polar surface area (TPSA) is 29.1 Å². The molecule has 0 aromatic rings. The summed E-state index contributed by atoms with van der Waals surface area (Å²) < 4.78 is 0. The van der Waals surface area contributed by atoms with Crippen molar-refractivity contribution in [2.45, 2.75) is 33.6 Å². The highest BCUT2D eigenvalue weighted by Gasteiger charge is 2.19. The molecular weight excluding hydrogens is 150 g/mol. The van der Waals surface area contributed by atoms with Gasteiger partial charge in [0.05, 0.1) is 0 Å². The van der Waals surface area contributed by atoms with Crippen LogP contribution in [0.15, 0.2) is 12.8 Å². The molecule has 0 aromatic carbocycles. The fourth-order valence-electron chi connectivity index (χ4n) is 1.29. The van der Waals surface area contributed by atoms with Crippen LogP contribution in [-0.2, 0) is 4.79 Å². The second-order valence-corrected chi connectivity index (χ2v) is 3.35. The first-order valence-corrected chi connectivity index (χ1v) is 4.54. The zero-order valence-corrected chi connectivity index (χ0v) is 8.26. The molecule has 0 heterocycles. The van der Waals surface area contributed by atoms with E-state index in [4.69, 9.17) is 0 Å². The van der Waals surface area contributed by atoms with Crippen molar-refractivity contribution in [1.29, 1.82) is 0 Å². The molecular formula is C10H19NO. The summed E-state index contributed by atoms with van der Waals surface area (Å²) >= 11 is 0. The van der Waals surface area contributed by atoms with Crippen molar-refractivity contribution >= 4 is 5.91 Å². The smallest absolute Gasteiger partial charge is 0.227 e. The molecule has 2 nitrogen and oxygen atoms in total. The van der Waals surface area contributed by atoms with Crippen molar-refractivity contribution in [1.82, 2.24) is 5.32 Å². The van der Waals surface area contributed by atoms with E-state index in [0.717, 1.165) is 12.8 Å². The van der Waals surface area contributed by atoms with E-state index in [9.17, 15) is 4.79 Å². The van der Waals surface area contributed by atoms with Crippen LogP contribution in [0.3, 0.4) is 0 Å². The Kier molecular flexibility index (Phi) is 5.43. The quantitative estimate of drug-likeness (QED) is 0.672. The Hall–Kier alpha value is -0.790. The molecule has 70 valence electrons. The molecule has 0 aliphatic heterocycles. The van der Waals surface area contributed by atoms with E-state index >= 15 is 0 Å². The van der Waals surface area contributed by atoms with Crippen LogP contribution >= 0.6 is 0 Å². The summed E-state index contributed by atoms with van der Waals surface area (Å²) in [6, 6.07) is 0. The van der Waals surface area contributed by atoms with E-state index in [2.05, 4.69) is 32.7 Å². The molecule has 0 bridgehead atoms. The standard InChI is InChI=1S/C10H19NO/c1-5-7-9(8(3)4)10(12)11-6-2/h6,8-9H,2,5,7H2,1,3-4H3,(H,11,12). The first-order chi connectivity index (χ1) is 5.63. The highest BCUT2D eigenvalue weighted by atomic mass is 16.1. The summed E-state index contributed by atoms with van der Waals surface area (Å²) in [6.45, 7) is 9.71. The SMILES string of the molecule is C=CNC(=O)C(CCC)C(C)C. The molecule has 1 unspecified atom stereocenters. The molecule has 0 aliphatic rings. The number of nitrogens with one attached hydrogen (secondary N) is 1. The maximum absolute atomic E-state index is 11.4. The molecule has 0 aliphatic carbocycles. The number of amides is 1. The zero-order chi connectivity index (χ0) is 9.56. The van der Waals surface area contributed by atoms with Gasteiger partial charge in [0.15, 0.2) is 0 Å². The fourth-order valence-corrected chi connectivity index (χ4v) is 1.29. The fraction of sp³-hybridized carbons (Fsp3) is 0.700. The lowest BCUT2D eigenvalue weighted by atomic mass is 9.91. The number of rotatable bonds is 5. The maximum Gasteiger partial charge on any atom is 0.227 e. The van der Waals surface area contributed by atoms with Crippen LogP contribution in [0.4, 0.5) is 0 Å². The Morgan fingerprint density at radius 1 is 1.58 bits per heavy atom. The predicted octanol–water partition coefficient (Wildman–Crippen LogP) is 2.32. The van der Waals surface area contributed by atoms with E-state index in [1.165, 1.54) is 6.20 Å². The van der Waals surface area contributed by atoms with Gasteiger partial charge in [-0.15, -0.1) is 0 Å². The van der Waals surface area contributed by atoms with Crippen molar-refractivity contribution < 1.29 is 4.79 Å². The number of hydrogen-bond acceptors (Lipinski definition) is 1. The lowest BCUT2D eigenvalue weighted by molar-refractivity contribution is -0.125. The van der Waals surface area contributed by atoms with Crippen molar-refractivity contribution in [2.24, 2.45) is 11.8 Å². The number of carbonyl (C=O) groups excluding carboxylic acids is 1. The monoisotopic (exact) mass is 169 g/mol. The minimum atomic E-state index is 0.0989. The van der Waals surface area contributed by atoms with E-state index in [1.807, 2.05) is 0 Å². The summed E-state index contributed by atoms with van der Waals surface area (Å²) in [7, 11) is 0. The molecule has 0 saturated carbocycles. The molecule has 0 saturated heterocycles. The lowest BCUT2D eigenvalue weighted by Gasteiger charge is -2.17. The average molecular weight is 169 g/mol. The third-order valence-electron chi connectivity index (χ3n) is 1.99. The van der Waals surface area contributed by atoms with Gasteiger partial charge in [0, 0.05) is 5.92 Å². The van der Waals surface area contributed by atoms with E-state index < -0.39 is 0 Å². The normalized spacial score (nSPS) is 12.7. The maximum atomic E-state index is 11.4. The molecule has 0 radical (unpaired) electrons. The number of hydrogen-bond donors (Lipinski definition) is 1. The molecule has 1 amide bonds. The number of carbonyl (C=O) groups is 1. The van der Waals surface area contributed by atoms with Gasteiger partial charge in [0.1, 0.15) is 0 Å². The van der Waals surface area contributed by atoms with Gasteiger partial charge in [-0.2, -0.15) is 0 Å². The van der Waals surface area contributed by atoms with Gasteiger partial charge in [-0.3, -0.25) is 4.79 Å². The van der Waals surface area contributed by atoms with Gasteiger partial charge in [-0.1, -0.05) is 33.8 Å². The molecule has 1 atom stereocenters. The van der Waals surface area contributed by atoms with E-state index in [0.29, 0.717) is 5.92 Å².